The Kier molecular flexibility index (Phi) is 5.14. The van der Waals surface area contributed by atoms with E-state index in [-0.39, 0.29) is 29.9 Å². The summed E-state index contributed by atoms with van der Waals surface area (Å²) in [7, 11) is 0. The quantitative estimate of drug-likeness (QED) is 0.622. The van der Waals surface area contributed by atoms with Gasteiger partial charge in [0.2, 0.25) is 11.8 Å². The lowest BCUT2D eigenvalue weighted by Crippen LogP contribution is -2.52. The maximum absolute atomic E-state index is 11.9. The molecule has 0 heterocycles. The first-order chi connectivity index (χ1) is 8.34. The molecule has 2 amide bonds. The van der Waals surface area contributed by atoms with Crippen LogP contribution in [0.1, 0.15) is 47.0 Å². The lowest BCUT2D eigenvalue weighted by Gasteiger charge is -2.26. The van der Waals surface area contributed by atoms with Crippen molar-refractivity contribution in [3.8, 4) is 0 Å². The first-order valence-corrected chi connectivity index (χ1v) is 6.69. The van der Waals surface area contributed by atoms with Crippen molar-refractivity contribution in [2.45, 2.75) is 64.6 Å². The zero-order valence-electron chi connectivity index (χ0n) is 11.8. The summed E-state index contributed by atoms with van der Waals surface area (Å²) in [5, 5.41) is 8.76. The molecule has 18 heavy (non-hydrogen) atoms. The van der Waals surface area contributed by atoms with Gasteiger partial charge in [0, 0.05) is 11.6 Å². The first-order valence-electron chi connectivity index (χ1n) is 6.69. The van der Waals surface area contributed by atoms with Crippen molar-refractivity contribution in [2.24, 2.45) is 0 Å². The van der Waals surface area contributed by atoms with Crippen molar-refractivity contribution in [3.05, 3.63) is 0 Å². The third-order valence-electron chi connectivity index (χ3n) is 3.25. The Morgan fingerprint density at radius 1 is 1.33 bits per heavy atom. The SMILES string of the molecule is CCC(C)(C)NC(=O)C(C)NCC(=O)NC1CC1. The minimum atomic E-state index is -0.360. The summed E-state index contributed by atoms with van der Waals surface area (Å²) in [5.41, 5.74) is -0.205. The molecule has 1 saturated carbocycles. The van der Waals surface area contributed by atoms with Gasteiger partial charge in [-0.1, -0.05) is 6.92 Å². The van der Waals surface area contributed by atoms with Gasteiger partial charge in [-0.3, -0.25) is 14.9 Å². The summed E-state index contributed by atoms with van der Waals surface area (Å²) in [4.78, 5) is 23.3. The summed E-state index contributed by atoms with van der Waals surface area (Å²) in [5.74, 6) is -0.104. The molecule has 0 radical (unpaired) electrons. The lowest BCUT2D eigenvalue weighted by molar-refractivity contribution is -0.124. The number of hydrogen-bond acceptors (Lipinski definition) is 3. The molecular weight excluding hydrogens is 230 g/mol. The number of amides is 2. The Bertz CT molecular complexity index is 311. The number of carbonyl (C=O) groups is 2. The van der Waals surface area contributed by atoms with E-state index in [1.807, 2.05) is 20.8 Å². The van der Waals surface area contributed by atoms with E-state index in [0.717, 1.165) is 19.3 Å². The van der Waals surface area contributed by atoms with Crippen molar-refractivity contribution in [2.75, 3.05) is 6.54 Å². The molecule has 1 aliphatic rings. The molecule has 3 N–H and O–H groups in total. The highest BCUT2D eigenvalue weighted by Gasteiger charge is 2.24. The van der Waals surface area contributed by atoms with Crippen molar-refractivity contribution in [3.63, 3.8) is 0 Å². The molecule has 1 fully saturated rings. The third-order valence-corrected chi connectivity index (χ3v) is 3.25. The molecule has 0 aliphatic heterocycles. The molecule has 1 rings (SSSR count). The molecule has 0 spiro atoms. The van der Waals surface area contributed by atoms with Crippen LogP contribution < -0.4 is 16.0 Å². The van der Waals surface area contributed by atoms with E-state index < -0.39 is 0 Å². The summed E-state index contributed by atoms with van der Waals surface area (Å²) < 4.78 is 0. The van der Waals surface area contributed by atoms with Crippen LogP contribution in [0.3, 0.4) is 0 Å². The van der Waals surface area contributed by atoms with Crippen LogP contribution in [0.5, 0.6) is 0 Å². The Morgan fingerprint density at radius 2 is 1.94 bits per heavy atom. The summed E-state index contributed by atoms with van der Waals surface area (Å²) in [6.07, 6.45) is 3.02. The van der Waals surface area contributed by atoms with Crippen LogP contribution in [0, 0.1) is 0 Å². The minimum absolute atomic E-state index is 0.0353. The second-order valence-electron chi connectivity index (χ2n) is 5.67. The molecule has 0 aromatic carbocycles. The van der Waals surface area contributed by atoms with Gasteiger partial charge in [-0.05, 0) is 40.0 Å². The predicted octanol–water partition coefficient (Wildman–Crippen LogP) is 0.548. The monoisotopic (exact) mass is 255 g/mol. The highest BCUT2D eigenvalue weighted by atomic mass is 16.2. The molecule has 5 heteroatoms. The van der Waals surface area contributed by atoms with Gasteiger partial charge < -0.3 is 10.6 Å². The number of hydrogen-bond donors (Lipinski definition) is 3. The van der Waals surface area contributed by atoms with E-state index >= 15 is 0 Å². The standard InChI is InChI=1S/C13H25N3O2/c1-5-13(3,4)16-12(18)9(2)14-8-11(17)15-10-6-7-10/h9-10,14H,5-8H2,1-4H3,(H,15,17)(H,16,18). The smallest absolute Gasteiger partial charge is 0.237 e. The average molecular weight is 255 g/mol. The van der Waals surface area contributed by atoms with E-state index in [9.17, 15) is 9.59 Å². The fourth-order valence-electron chi connectivity index (χ4n) is 1.38. The van der Waals surface area contributed by atoms with E-state index in [0.29, 0.717) is 6.04 Å². The number of carbonyl (C=O) groups excluding carboxylic acids is 2. The van der Waals surface area contributed by atoms with Crippen LogP contribution in [-0.2, 0) is 9.59 Å². The maximum Gasteiger partial charge on any atom is 0.237 e. The normalized spacial score (nSPS) is 17.1. The van der Waals surface area contributed by atoms with Crippen LogP contribution >= 0.6 is 0 Å². The van der Waals surface area contributed by atoms with Gasteiger partial charge >= 0.3 is 0 Å². The fraction of sp³-hybridized carbons (Fsp3) is 0.846. The molecule has 0 saturated heterocycles. The van der Waals surface area contributed by atoms with Gasteiger partial charge in [0.15, 0.2) is 0 Å². The molecule has 1 aliphatic carbocycles. The molecule has 0 bridgehead atoms. The van der Waals surface area contributed by atoms with Crippen LogP contribution in [0.25, 0.3) is 0 Å². The van der Waals surface area contributed by atoms with Crippen molar-refractivity contribution >= 4 is 11.8 Å². The highest BCUT2D eigenvalue weighted by molar-refractivity contribution is 5.83. The Morgan fingerprint density at radius 3 is 2.44 bits per heavy atom. The minimum Gasteiger partial charge on any atom is -0.352 e. The average Bonchev–Trinajstić information content (AvgIpc) is 3.09. The van der Waals surface area contributed by atoms with Gasteiger partial charge in [-0.2, -0.15) is 0 Å². The largest absolute Gasteiger partial charge is 0.352 e. The number of rotatable bonds is 7. The second kappa shape index (κ2) is 6.18. The Balaban J connectivity index is 2.24. The highest BCUT2D eigenvalue weighted by Crippen LogP contribution is 2.18. The first kappa shape index (κ1) is 15.0. The molecule has 1 atom stereocenters. The van der Waals surface area contributed by atoms with E-state index in [1.54, 1.807) is 6.92 Å². The van der Waals surface area contributed by atoms with E-state index in [4.69, 9.17) is 0 Å². The zero-order valence-corrected chi connectivity index (χ0v) is 11.8. The van der Waals surface area contributed by atoms with Gasteiger partial charge in [0.25, 0.3) is 0 Å². The topological polar surface area (TPSA) is 70.2 Å². The van der Waals surface area contributed by atoms with Gasteiger partial charge in [0.1, 0.15) is 0 Å². The van der Waals surface area contributed by atoms with Crippen LogP contribution in [0.15, 0.2) is 0 Å². The number of nitrogens with one attached hydrogen (secondary N) is 3. The van der Waals surface area contributed by atoms with Gasteiger partial charge in [-0.15, -0.1) is 0 Å². The lowest BCUT2D eigenvalue weighted by atomic mass is 10.0. The Labute approximate surface area is 109 Å². The molecule has 0 aromatic rings. The molecule has 1 unspecified atom stereocenters. The maximum atomic E-state index is 11.9. The Hall–Kier alpha value is -1.10. The van der Waals surface area contributed by atoms with Gasteiger partial charge in [0.05, 0.1) is 12.6 Å². The van der Waals surface area contributed by atoms with Crippen LogP contribution in [0.2, 0.25) is 0 Å². The van der Waals surface area contributed by atoms with E-state index in [1.165, 1.54) is 0 Å². The van der Waals surface area contributed by atoms with Crippen LogP contribution in [-0.4, -0.2) is 36.0 Å². The second-order valence-corrected chi connectivity index (χ2v) is 5.67. The van der Waals surface area contributed by atoms with Gasteiger partial charge in [-0.25, -0.2) is 0 Å². The fourth-order valence-corrected chi connectivity index (χ4v) is 1.38. The third kappa shape index (κ3) is 5.49. The molecule has 5 nitrogen and oxygen atoms in total. The zero-order chi connectivity index (χ0) is 13.8. The summed E-state index contributed by atoms with van der Waals surface area (Å²) in [6, 6.07) is 0.00300. The van der Waals surface area contributed by atoms with Crippen molar-refractivity contribution in [1.82, 2.24) is 16.0 Å². The molecule has 0 aromatic heterocycles. The molecule has 104 valence electrons. The van der Waals surface area contributed by atoms with Crippen LogP contribution in [0.4, 0.5) is 0 Å². The van der Waals surface area contributed by atoms with Crippen molar-refractivity contribution < 1.29 is 9.59 Å². The van der Waals surface area contributed by atoms with Crippen molar-refractivity contribution in [1.29, 1.82) is 0 Å². The summed E-state index contributed by atoms with van der Waals surface area (Å²) >= 11 is 0. The molecular formula is C13H25N3O2. The van der Waals surface area contributed by atoms with E-state index in [2.05, 4.69) is 16.0 Å². The summed E-state index contributed by atoms with van der Waals surface area (Å²) in [6.45, 7) is 7.96. The predicted molar refractivity (Wildman–Crippen MR) is 71.1 cm³/mol.